The summed E-state index contributed by atoms with van der Waals surface area (Å²) in [5.74, 6) is -0.491. The SMILES string of the molecule is O=C(Cc1ccccc1)N/N=C/c1ccc(F)cc1. The van der Waals surface area contributed by atoms with E-state index in [0.29, 0.717) is 0 Å². The van der Waals surface area contributed by atoms with Gasteiger partial charge >= 0.3 is 0 Å². The normalized spacial score (nSPS) is 10.6. The zero-order chi connectivity index (χ0) is 13.5. The van der Waals surface area contributed by atoms with E-state index in [2.05, 4.69) is 10.5 Å². The Kier molecular flexibility index (Phi) is 4.39. The lowest BCUT2D eigenvalue weighted by atomic mass is 10.1. The first-order chi connectivity index (χ1) is 9.24. The van der Waals surface area contributed by atoms with Crippen LogP contribution in [0, 0.1) is 5.82 Å². The Labute approximate surface area is 110 Å². The van der Waals surface area contributed by atoms with Crippen molar-refractivity contribution in [3.8, 4) is 0 Å². The number of benzene rings is 2. The van der Waals surface area contributed by atoms with Crippen molar-refractivity contribution >= 4 is 12.1 Å². The minimum atomic E-state index is -0.301. The predicted molar refractivity (Wildman–Crippen MR) is 72.3 cm³/mol. The Morgan fingerprint density at radius 3 is 2.47 bits per heavy atom. The monoisotopic (exact) mass is 256 g/mol. The number of carbonyl (C=O) groups excluding carboxylic acids is 1. The van der Waals surface area contributed by atoms with Gasteiger partial charge in [0.2, 0.25) is 5.91 Å². The molecule has 0 aromatic heterocycles. The minimum Gasteiger partial charge on any atom is -0.273 e. The molecule has 0 aliphatic carbocycles. The van der Waals surface area contributed by atoms with E-state index in [1.165, 1.54) is 18.3 Å². The average Bonchev–Trinajstić information content (AvgIpc) is 2.42. The third kappa shape index (κ3) is 4.35. The Balaban J connectivity index is 1.85. The van der Waals surface area contributed by atoms with Gasteiger partial charge in [-0.15, -0.1) is 0 Å². The number of halogens is 1. The van der Waals surface area contributed by atoms with Crippen molar-refractivity contribution in [2.75, 3.05) is 0 Å². The molecule has 2 aromatic rings. The van der Waals surface area contributed by atoms with Gasteiger partial charge < -0.3 is 0 Å². The summed E-state index contributed by atoms with van der Waals surface area (Å²) in [6.45, 7) is 0. The van der Waals surface area contributed by atoms with Gasteiger partial charge in [-0.1, -0.05) is 42.5 Å². The second-order valence-electron chi connectivity index (χ2n) is 4.01. The van der Waals surface area contributed by atoms with Crippen LogP contribution in [-0.2, 0) is 11.2 Å². The second-order valence-corrected chi connectivity index (χ2v) is 4.01. The Hall–Kier alpha value is -2.49. The number of hydrogen-bond donors (Lipinski definition) is 1. The standard InChI is InChI=1S/C15H13FN2O/c16-14-8-6-13(7-9-14)11-17-18-15(19)10-12-4-2-1-3-5-12/h1-9,11H,10H2,(H,18,19)/b17-11+. The Bertz CT molecular complexity index is 564. The van der Waals surface area contributed by atoms with E-state index in [-0.39, 0.29) is 18.1 Å². The molecule has 2 rings (SSSR count). The van der Waals surface area contributed by atoms with Crippen molar-refractivity contribution in [2.45, 2.75) is 6.42 Å². The van der Waals surface area contributed by atoms with Crippen LogP contribution in [0.2, 0.25) is 0 Å². The Morgan fingerprint density at radius 1 is 1.11 bits per heavy atom. The van der Waals surface area contributed by atoms with Gasteiger partial charge in [0.05, 0.1) is 12.6 Å². The van der Waals surface area contributed by atoms with Crippen molar-refractivity contribution < 1.29 is 9.18 Å². The molecule has 0 unspecified atom stereocenters. The summed E-state index contributed by atoms with van der Waals surface area (Å²) in [7, 11) is 0. The lowest BCUT2D eigenvalue weighted by molar-refractivity contribution is -0.120. The predicted octanol–water partition coefficient (Wildman–Crippen LogP) is 2.52. The van der Waals surface area contributed by atoms with Crippen molar-refractivity contribution in [1.82, 2.24) is 5.43 Å². The first-order valence-corrected chi connectivity index (χ1v) is 5.85. The number of carbonyl (C=O) groups is 1. The summed E-state index contributed by atoms with van der Waals surface area (Å²) >= 11 is 0. The quantitative estimate of drug-likeness (QED) is 0.662. The summed E-state index contributed by atoms with van der Waals surface area (Å²) in [6.07, 6.45) is 1.75. The maximum absolute atomic E-state index is 12.7. The molecule has 0 fully saturated rings. The largest absolute Gasteiger partial charge is 0.273 e. The van der Waals surface area contributed by atoms with Crippen LogP contribution < -0.4 is 5.43 Å². The molecule has 0 radical (unpaired) electrons. The number of hydrazone groups is 1. The molecule has 0 saturated carbocycles. The first kappa shape index (κ1) is 13.0. The van der Waals surface area contributed by atoms with Crippen molar-refractivity contribution in [3.63, 3.8) is 0 Å². The van der Waals surface area contributed by atoms with Gasteiger partial charge in [0.25, 0.3) is 0 Å². The van der Waals surface area contributed by atoms with E-state index >= 15 is 0 Å². The van der Waals surface area contributed by atoms with Gasteiger partial charge in [-0.2, -0.15) is 5.10 Å². The summed E-state index contributed by atoms with van der Waals surface area (Å²) in [6, 6.07) is 15.3. The lowest BCUT2D eigenvalue weighted by Crippen LogP contribution is -2.19. The molecule has 96 valence electrons. The minimum absolute atomic E-state index is 0.190. The van der Waals surface area contributed by atoms with Gasteiger partial charge in [0.15, 0.2) is 0 Å². The van der Waals surface area contributed by atoms with Gasteiger partial charge in [-0.05, 0) is 23.3 Å². The molecule has 0 atom stereocenters. The lowest BCUT2D eigenvalue weighted by Gasteiger charge is -1.99. The third-order valence-electron chi connectivity index (χ3n) is 2.48. The van der Waals surface area contributed by atoms with Crippen LogP contribution in [0.5, 0.6) is 0 Å². The van der Waals surface area contributed by atoms with Crippen LogP contribution in [-0.4, -0.2) is 12.1 Å². The van der Waals surface area contributed by atoms with Crippen LogP contribution in [0.15, 0.2) is 59.7 Å². The molecular formula is C15H13FN2O. The molecule has 1 amide bonds. The van der Waals surface area contributed by atoms with Crippen molar-refractivity contribution in [1.29, 1.82) is 0 Å². The molecule has 0 spiro atoms. The maximum Gasteiger partial charge on any atom is 0.244 e. The molecular weight excluding hydrogens is 243 g/mol. The van der Waals surface area contributed by atoms with Crippen LogP contribution in [0.4, 0.5) is 4.39 Å². The van der Waals surface area contributed by atoms with Gasteiger partial charge in [-0.3, -0.25) is 4.79 Å². The van der Waals surface area contributed by atoms with E-state index in [1.54, 1.807) is 12.1 Å². The zero-order valence-electron chi connectivity index (χ0n) is 10.2. The molecule has 3 nitrogen and oxygen atoms in total. The number of nitrogens with one attached hydrogen (secondary N) is 1. The fraction of sp³-hybridized carbons (Fsp3) is 0.0667. The van der Waals surface area contributed by atoms with E-state index in [9.17, 15) is 9.18 Å². The number of rotatable bonds is 4. The van der Waals surface area contributed by atoms with Crippen molar-refractivity contribution in [3.05, 3.63) is 71.5 Å². The second kappa shape index (κ2) is 6.44. The average molecular weight is 256 g/mol. The van der Waals surface area contributed by atoms with E-state index in [4.69, 9.17) is 0 Å². The zero-order valence-corrected chi connectivity index (χ0v) is 10.2. The Morgan fingerprint density at radius 2 is 1.79 bits per heavy atom. The fourth-order valence-corrected chi connectivity index (χ4v) is 1.55. The molecule has 1 N–H and O–H groups in total. The number of nitrogens with zero attached hydrogens (tertiary/aromatic N) is 1. The summed E-state index contributed by atoms with van der Waals surface area (Å²) in [5, 5.41) is 3.82. The summed E-state index contributed by atoms with van der Waals surface area (Å²) in [4.78, 5) is 11.6. The fourth-order valence-electron chi connectivity index (χ4n) is 1.55. The van der Waals surface area contributed by atoms with Crippen LogP contribution in [0.1, 0.15) is 11.1 Å². The highest BCUT2D eigenvalue weighted by Gasteiger charge is 2.00. The summed E-state index contributed by atoms with van der Waals surface area (Å²) < 4.78 is 12.7. The maximum atomic E-state index is 12.7. The molecule has 19 heavy (non-hydrogen) atoms. The van der Waals surface area contributed by atoms with Crippen LogP contribution in [0.25, 0.3) is 0 Å². The number of hydrogen-bond acceptors (Lipinski definition) is 2. The van der Waals surface area contributed by atoms with E-state index < -0.39 is 0 Å². The smallest absolute Gasteiger partial charge is 0.244 e. The highest BCUT2D eigenvalue weighted by molar-refractivity contribution is 5.83. The highest BCUT2D eigenvalue weighted by atomic mass is 19.1. The van der Waals surface area contributed by atoms with Gasteiger partial charge in [0.1, 0.15) is 5.82 Å². The van der Waals surface area contributed by atoms with Gasteiger partial charge in [0, 0.05) is 0 Å². The summed E-state index contributed by atoms with van der Waals surface area (Å²) in [5.41, 5.74) is 4.08. The van der Waals surface area contributed by atoms with Crippen molar-refractivity contribution in [2.24, 2.45) is 5.10 Å². The van der Waals surface area contributed by atoms with Crippen LogP contribution in [0.3, 0.4) is 0 Å². The molecule has 0 saturated heterocycles. The molecule has 0 bridgehead atoms. The molecule has 4 heteroatoms. The molecule has 0 aliphatic heterocycles. The molecule has 0 aliphatic rings. The highest BCUT2D eigenvalue weighted by Crippen LogP contribution is 2.00. The van der Waals surface area contributed by atoms with Crippen LogP contribution >= 0.6 is 0 Å². The topological polar surface area (TPSA) is 41.5 Å². The third-order valence-corrected chi connectivity index (χ3v) is 2.48. The molecule has 0 heterocycles. The van der Waals surface area contributed by atoms with E-state index in [0.717, 1.165) is 11.1 Å². The van der Waals surface area contributed by atoms with Gasteiger partial charge in [-0.25, -0.2) is 9.82 Å². The first-order valence-electron chi connectivity index (χ1n) is 5.85. The van der Waals surface area contributed by atoms with E-state index in [1.807, 2.05) is 30.3 Å². The number of amides is 1. The molecule has 2 aromatic carbocycles.